The molecule has 0 saturated heterocycles. The van der Waals surface area contributed by atoms with Crippen molar-refractivity contribution in [2.75, 3.05) is 13.3 Å². The number of amides is 1. The maximum Gasteiger partial charge on any atom is 0.251 e. The van der Waals surface area contributed by atoms with Gasteiger partial charge in [0.15, 0.2) is 11.5 Å². The molecule has 1 aromatic heterocycles. The first-order valence-electron chi connectivity index (χ1n) is 7.66. The van der Waals surface area contributed by atoms with Crippen molar-refractivity contribution >= 4 is 28.7 Å². The van der Waals surface area contributed by atoms with Crippen molar-refractivity contribution in [1.29, 1.82) is 0 Å². The van der Waals surface area contributed by atoms with Crippen LogP contribution in [0.25, 0.3) is 11.0 Å². The second-order valence-corrected chi connectivity index (χ2v) is 6.52. The number of nitrogens with zero attached hydrogens (tertiary/aromatic N) is 2. The summed E-state index contributed by atoms with van der Waals surface area (Å²) in [7, 11) is 0. The molecule has 25 heavy (non-hydrogen) atoms. The van der Waals surface area contributed by atoms with E-state index in [4.69, 9.17) is 9.47 Å². The number of carbonyl (C=O) groups is 1. The standard InChI is InChI=1S/C17H15N3O4S/c1-17(22,11-3-5-14-15(7-11)24-9-23-14)8-18-16(21)10-2-4-12-13(6-10)20-25-19-12/h2-7,22H,8-9H2,1H3,(H,18,21)/t17-/m1/s1. The summed E-state index contributed by atoms with van der Waals surface area (Å²) in [5.41, 5.74) is 1.30. The maximum atomic E-state index is 12.4. The van der Waals surface area contributed by atoms with Gasteiger partial charge in [0.25, 0.3) is 5.91 Å². The minimum absolute atomic E-state index is 0.0544. The molecule has 0 radical (unpaired) electrons. The van der Waals surface area contributed by atoms with Gasteiger partial charge in [-0.3, -0.25) is 4.79 Å². The van der Waals surface area contributed by atoms with Gasteiger partial charge in [-0.15, -0.1) is 0 Å². The Kier molecular flexibility index (Phi) is 3.78. The quantitative estimate of drug-likeness (QED) is 0.742. The van der Waals surface area contributed by atoms with E-state index >= 15 is 0 Å². The first-order chi connectivity index (χ1) is 12.0. The number of carbonyl (C=O) groups excluding carboxylic acids is 1. The summed E-state index contributed by atoms with van der Waals surface area (Å²) in [6, 6.07) is 10.4. The Morgan fingerprint density at radius 1 is 1.20 bits per heavy atom. The lowest BCUT2D eigenvalue weighted by atomic mass is 9.95. The van der Waals surface area contributed by atoms with Crippen LogP contribution < -0.4 is 14.8 Å². The first-order valence-corrected chi connectivity index (χ1v) is 8.39. The zero-order valence-corrected chi connectivity index (χ0v) is 14.2. The average Bonchev–Trinajstić information content (AvgIpc) is 3.26. The van der Waals surface area contributed by atoms with Gasteiger partial charge in [0, 0.05) is 5.56 Å². The van der Waals surface area contributed by atoms with Gasteiger partial charge in [0.05, 0.1) is 18.3 Å². The van der Waals surface area contributed by atoms with Gasteiger partial charge in [-0.25, -0.2) is 0 Å². The molecular formula is C17H15N3O4S. The van der Waals surface area contributed by atoms with Crippen molar-refractivity contribution < 1.29 is 19.4 Å². The van der Waals surface area contributed by atoms with E-state index in [9.17, 15) is 9.90 Å². The van der Waals surface area contributed by atoms with Crippen molar-refractivity contribution in [3.63, 3.8) is 0 Å². The number of nitrogens with one attached hydrogen (secondary N) is 1. The first kappa shape index (κ1) is 15.8. The van der Waals surface area contributed by atoms with Crippen LogP contribution in [0.1, 0.15) is 22.8 Å². The zero-order valence-electron chi connectivity index (χ0n) is 13.4. The van der Waals surface area contributed by atoms with Crippen LogP contribution in [0, 0.1) is 0 Å². The van der Waals surface area contributed by atoms with Crippen molar-refractivity contribution in [2.24, 2.45) is 0 Å². The number of hydrogen-bond donors (Lipinski definition) is 2. The highest BCUT2D eigenvalue weighted by Crippen LogP contribution is 2.35. The fraction of sp³-hybridized carbons (Fsp3) is 0.235. The zero-order chi connectivity index (χ0) is 17.4. The third kappa shape index (κ3) is 3.01. The summed E-state index contributed by atoms with van der Waals surface area (Å²) >= 11 is 1.10. The Morgan fingerprint density at radius 2 is 2.00 bits per heavy atom. The molecule has 8 heteroatoms. The van der Waals surface area contributed by atoms with Gasteiger partial charge in [0.1, 0.15) is 16.6 Å². The Labute approximate surface area is 147 Å². The molecule has 2 heterocycles. The van der Waals surface area contributed by atoms with Gasteiger partial charge < -0.3 is 19.9 Å². The number of fused-ring (bicyclic) bond motifs is 2. The molecule has 4 rings (SSSR count). The predicted molar refractivity (Wildman–Crippen MR) is 91.9 cm³/mol. The van der Waals surface area contributed by atoms with Crippen molar-refractivity contribution in [3.8, 4) is 11.5 Å². The number of aliphatic hydroxyl groups is 1. The van der Waals surface area contributed by atoms with Crippen molar-refractivity contribution in [2.45, 2.75) is 12.5 Å². The molecule has 3 aromatic rings. The highest BCUT2D eigenvalue weighted by molar-refractivity contribution is 7.00. The van der Waals surface area contributed by atoms with E-state index in [1.807, 2.05) is 0 Å². The normalized spacial score (nSPS) is 15.1. The van der Waals surface area contributed by atoms with Crippen molar-refractivity contribution in [3.05, 3.63) is 47.5 Å². The fourth-order valence-corrected chi connectivity index (χ4v) is 3.13. The number of hydrogen-bond acceptors (Lipinski definition) is 7. The molecule has 0 saturated carbocycles. The average molecular weight is 357 g/mol. The Hall–Kier alpha value is -2.71. The Bertz CT molecular complexity index is 954. The minimum atomic E-state index is -1.25. The molecular weight excluding hydrogens is 342 g/mol. The van der Waals surface area contributed by atoms with Crippen LogP contribution >= 0.6 is 11.7 Å². The summed E-state index contributed by atoms with van der Waals surface area (Å²) in [6.07, 6.45) is 0. The lowest BCUT2D eigenvalue weighted by Crippen LogP contribution is -2.38. The molecule has 0 bridgehead atoms. The Balaban J connectivity index is 1.48. The van der Waals surface area contributed by atoms with Crippen LogP contribution in [0.2, 0.25) is 0 Å². The highest BCUT2D eigenvalue weighted by Gasteiger charge is 2.27. The van der Waals surface area contributed by atoms with Gasteiger partial charge in [-0.2, -0.15) is 8.75 Å². The Morgan fingerprint density at radius 3 is 2.88 bits per heavy atom. The summed E-state index contributed by atoms with van der Waals surface area (Å²) in [5, 5.41) is 13.5. The molecule has 0 unspecified atom stereocenters. The van der Waals surface area contributed by atoms with E-state index in [0.29, 0.717) is 28.1 Å². The maximum absolute atomic E-state index is 12.4. The summed E-state index contributed by atoms with van der Waals surface area (Å²) in [4.78, 5) is 12.4. The van der Waals surface area contributed by atoms with E-state index in [-0.39, 0.29) is 19.2 Å². The van der Waals surface area contributed by atoms with Crippen LogP contribution in [-0.4, -0.2) is 33.1 Å². The molecule has 2 N–H and O–H groups in total. The second kappa shape index (κ2) is 5.98. The lowest BCUT2D eigenvalue weighted by Gasteiger charge is -2.24. The monoisotopic (exact) mass is 357 g/mol. The molecule has 7 nitrogen and oxygen atoms in total. The van der Waals surface area contributed by atoms with Crippen LogP contribution in [0.5, 0.6) is 11.5 Å². The van der Waals surface area contributed by atoms with Crippen LogP contribution in [0.3, 0.4) is 0 Å². The van der Waals surface area contributed by atoms with Gasteiger partial charge in [-0.1, -0.05) is 6.07 Å². The smallest absolute Gasteiger partial charge is 0.251 e. The summed E-state index contributed by atoms with van der Waals surface area (Å²) < 4.78 is 18.8. The number of ether oxygens (including phenoxy) is 2. The molecule has 1 aliphatic heterocycles. The number of rotatable bonds is 4. The molecule has 0 aliphatic carbocycles. The predicted octanol–water partition coefficient (Wildman–Crippen LogP) is 2.06. The molecule has 0 spiro atoms. The SMILES string of the molecule is C[C@@](O)(CNC(=O)c1ccc2nsnc2c1)c1ccc2c(c1)OCO2. The topological polar surface area (TPSA) is 93.6 Å². The van der Waals surface area contributed by atoms with E-state index in [0.717, 1.165) is 17.2 Å². The summed E-state index contributed by atoms with van der Waals surface area (Å²) in [6.45, 7) is 1.86. The molecule has 1 aliphatic rings. The van der Waals surface area contributed by atoms with E-state index in [1.165, 1.54) is 0 Å². The second-order valence-electron chi connectivity index (χ2n) is 5.99. The fourth-order valence-electron chi connectivity index (χ4n) is 2.61. The number of benzene rings is 2. The van der Waals surface area contributed by atoms with Gasteiger partial charge in [0.2, 0.25) is 6.79 Å². The lowest BCUT2D eigenvalue weighted by molar-refractivity contribution is 0.0525. The number of aromatic nitrogens is 2. The third-order valence-corrected chi connectivity index (χ3v) is 4.66. The van der Waals surface area contributed by atoms with Crippen LogP contribution in [0.4, 0.5) is 0 Å². The molecule has 128 valence electrons. The summed E-state index contributed by atoms with van der Waals surface area (Å²) in [5.74, 6) is 0.954. The van der Waals surface area contributed by atoms with E-state index in [1.54, 1.807) is 43.3 Å². The molecule has 1 atom stereocenters. The third-order valence-electron chi connectivity index (χ3n) is 4.10. The van der Waals surface area contributed by atoms with Crippen molar-refractivity contribution in [1.82, 2.24) is 14.1 Å². The van der Waals surface area contributed by atoms with Crippen LogP contribution in [0.15, 0.2) is 36.4 Å². The molecule has 0 fully saturated rings. The van der Waals surface area contributed by atoms with Gasteiger partial charge in [-0.05, 0) is 42.8 Å². The molecule has 1 amide bonds. The van der Waals surface area contributed by atoms with E-state index < -0.39 is 5.60 Å². The van der Waals surface area contributed by atoms with Crippen LogP contribution in [-0.2, 0) is 5.60 Å². The highest BCUT2D eigenvalue weighted by atomic mass is 32.1. The molecule has 2 aromatic carbocycles. The largest absolute Gasteiger partial charge is 0.454 e. The van der Waals surface area contributed by atoms with Gasteiger partial charge >= 0.3 is 0 Å². The minimum Gasteiger partial charge on any atom is -0.454 e. The van der Waals surface area contributed by atoms with E-state index in [2.05, 4.69) is 14.1 Å².